The number of phenolic OH excluding ortho intramolecular Hbond substituents is 1. The Morgan fingerprint density at radius 3 is 2.71 bits per heavy atom. The molecule has 0 unspecified atom stereocenters. The van der Waals surface area contributed by atoms with Crippen LogP contribution in [-0.4, -0.2) is 18.3 Å². The van der Waals surface area contributed by atoms with E-state index < -0.39 is 0 Å². The van der Waals surface area contributed by atoms with Crippen molar-refractivity contribution in [2.24, 2.45) is 0 Å². The molecule has 3 nitrogen and oxygen atoms in total. The average Bonchev–Trinajstić information content (AvgIpc) is 2.47. The van der Waals surface area contributed by atoms with Gasteiger partial charge in [0.2, 0.25) is 0 Å². The fourth-order valence-corrected chi connectivity index (χ4v) is 2.31. The third kappa shape index (κ3) is 4.50. The Hall–Kier alpha value is -2.00. The van der Waals surface area contributed by atoms with Crippen LogP contribution < -0.4 is 10.1 Å². The Morgan fingerprint density at radius 2 is 1.95 bits per heavy atom. The molecule has 2 aromatic rings. The lowest BCUT2D eigenvalue weighted by Crippen LogP contribution is -2.16. The molecule has 0 amide bonds. The van der Waals surface area contributed by atoms with Crippen molar-refractivity contribution in [3.63, 3.8) is 0 Å². The highest BCUT2D eigenvalue weighted by Crippen LogP contribution is 2.29. The summed E-state index contributed by atoms with van der Waals surface area (Å²) in [5.74, 6) is 0.790. The van der Waals surface area contributed by atoms with Gasteiger partial charge in [-0.3, -0.25) is 0 Å². The van der Waals surface area contributed by atoms with Crippen molar-refractivity contribution < 1.29 is 9.84 Å². The van der Waals surface area contributed by atoms with Gasteiger partial charge in [0, 0.05) is 12.1 Å². The fraction of sp³-hybridized carbons (Fsp3) is 0.333. The number of aryl methyl sites for hydroxylation is 1. The Balaban J connectivity index is 1.85. The number of ether oxygens (including phenoxy) is 1. The van der Waals surface area contributed by atoms with Gasteiger partial charge >= 0.3 is 0 Å². The van der Waals surface area contributed by atoms with Crippen LogP contribution in [-0.2, 0) is 13.0 Å². The number of rotatable bonds is 7. The maximum atomic E-state index is 10.1. The van der Waals surface area contributed by atoms with E-state index in [0.29, 0.717) is 18.9 Å². The van der Waals surface area contributed by atoms with Gasteiger partial charge in [-0.25, -0.2) is 0 Å². The van der Waals surface area contributed by atoms with Crippen LogP contribution in [0.25, 0.3) is 0 Å². The molecule has 112 valence electrons. The van der Waals surface area contributed by atoms with Gasteiger partial charge in [-0.05, 0) is 38.4 Å². The molecule has 0 bridgehead atoms. The number of para-hydroxylation sites is 1. The topological polar surface area (TPSA) is 41.5 Å². The quantitative estimate of drug-likeness (QED) is 0.766. The molecule has 2 N–H and O–H groups in total. The molecule has 0 saturated heterocycles. The first kappa shape index (κ1) is 15.4. The molecule has 0 aromatic heterocycles. The molecule has 0 heterocycles. The average molecular weight is 285 g/mol. The molecule has 0 aliphatic carbocycles. The van der Waals surface area contributed by atoms with Crippen molar-refractivity contribution in [2.45, 2.75) is 26.8 Å². The Kier molecular flexibility index (Phi) is 5.64. The first-order chi connectivity index (χ1) is 10.2. The minimum absolute atomic E-state index is 0.238. The summed E-state index contributed by atoms with van der Waals surface area (Å²) in [7, 11) is 0. The predicted octanol–water partition coefficient (Wildman–Crippen LogP) is 3.43. The highest BCUT2D eigenvalue weighted by atomic mass is 16.5. The zero-order valence-electron chi connectivity index (χ0n) is 12.7. The van der Waals surface area contributed by atoms with Crippen LogP contribution in [0.1, 0.15) is 23.6 Å². The van der Waals surface area contributed by atoms with Crippen LogP contribution >= 0.6 is 0 Å². The first-order valence-corrected chi connectivity index (χ1v) is 7.40. The summed E-state index contributed by atoms with van der Waals surface area (Å²) in [6, 6.07) is 14.1. The van der Waals surface area contributed by atoms with E-state index in [2.05, 4.69) is 36.5 Å². The minimum Gasteiger partial charge on any atom is -0.504 e. The zero-order chi connectivity index (χ0) is 15.1. The predicted molar refractivity (Wildman–Crippen MR) is 85.9 cm³/mol. The van der Waals surface area contributed by atoms with E-state index in [1.807, 2.05) is 19.1 Å². The summed E-state index contributed by atoms with van der Waals surface area (Å²) in [6.07, 6.45) is 0.980. The molecular weight excluding hydrogens is 262 g/mol. The van der Waals surface area contributed by atoms with E-state index in [0.717, 1.165) is 18.5 Å². The maximum Gasteiger partial charge on any atom is 0.162 e. The van der Waals surface area contributed by atoms with Crippen LogP contribution in [0.4, 0.5) is 0 Å². The zero-order valence-corrected chi connectivity index (χ0v) is 12.7. The molecular formula is C18H23NO2. The standard InChI is InChI=1S/C18H23NO2/c1-3-21-17-9-5-8-16(18(17)20)13-19-11-10-15-7-4-6-14(2)12-15/h4-9,12,19-20H,3,10-11,13H2,1-2H3. The van der Waals surface area contributed by atoms with Gasteiger partial charge in [0.05, 0.1) is 6.61 Å². The van der Waals surface area contributed by atoms with Crippen molar-refractivity contribution >= 4 is 0 Å². The first-order valence-electron chi connectivity index (χ1n) is 7.40. The van der Waals surface area contributed by atoms with E-state index in [1.54, 1.807) is 6.07 Å². The monoisotopic (exact) mass is 285 g/mol. The molecule has 0 atom stereocenters. The van der Waals surface area contributed by atoms with E-state index in [-0.39, 0.29) is 5.75 Å². The molecule has 0 aliphatic rings. The summed E-state index contributed by atoms with van der Waals surface area (Å²) in [6.45, 7) is 6.08. The SMILES string of the molecule is CCOc1cccc(CNCCc2cccc(C)c2)c1O. The second-order valence-corrected chi connectivity index (χ2v) is 5.11. The van der Waals surface area contributed by atoms with Crippen LogP contribution in [0.5, 0.6) is 11.5 Å². The molecule has 0 fully saturated rings. The Morgan fingerprint density at radius 1 is 1.14 bits per heavy atom. The largest absolute Gasteiger partial charge is 0.504 e. The van der Waals surface area contributed by atoms with Crippen molar-refractivity contribution in [1.29, 1.82) is 0 Å². The van der Waals surface area contributed by atoms with Crippen LogP contribution in [0.3, 0.4) is 0 Å². The van der Waals surface area contributed by atoms with Gasteiger partial charge < -0.3 is 15.2 Å². The lowest BCUT2D eigenvalue weighted by atomic mass is 10.1. The van der Waals surface area contributed by atoms with E-state index in [9.17, 15) is 5.11 Å². The summed E-state index contributed by atoms with van der Waals surface area (Å²) < 4.78 is 5.39. The highest BCUT2D eigenvalue weighted by molar-refractivity contribution is 5.45. The maximum absolute atomic E-state index is 10.1. The molecule has 0 radical (unpaired) electrons. The van der Waals surface area contributed by atoms with Gasteiger partial charge in [0.1, 0.15) is 0 Å². The summed E-state index contributed by atoms with van der Waals surface area (Å²) >= 11 is 0. The molecule has 21 heavy (non-hydrogen) atoms. The third-order valence-corrected chi connectivity index (χ3v) is 3.37. The summed E-state index contributed by atoms with van der Waals surface area (Å²) in [5.41, 5.74) is 3.48. The molecule has 3 heteroatoms. The van der Waals surface area contributed by atoms with Gasteiger partial charge in [-0.1, -0.05) is 42.0 Å². The number of phenols is 1. The van der Waals surface area contributed by atoms with Gasteiger partial charge in [0.15, 0.2) is 11.5 Å². The molecule has 0 spiro atoms. The molecule has 0 aliphatic heterocycles. The van der Waals surface area contributed by atoms with Crippen LogP contribution in [0.2, 0.25) is 0 Å². The smallest absolute Gasteiger partial charge is 0.162 e. The molecule has 0 saturated carbocycles. The molecule has 2 rings (SSSR count). The Labute approximate surface area is 126 Å². The normalized spacial score (nSPS) is 10.6. The lowest BCUT2D eigenvalue weighted by molar-refractivity contribution is 0.316. The number of nitrogens with one attached hydrogen (secondary N) is 1. The second kappa shape index (κ2) is 7.70. The lowest BCUT2D eigenvalue weighted by Gasteiger charge is -2.11. The molecule has 2 aromatic carbocycles. The van der Waals surface area contributed by atoms with Crippen molar-refractivity contribution in [2.75, 3.05) is 13.2 Å². The van der Waals surface area contributed by atoms with Crippen LogP contribution in [0, 0.1) is 6.92 Å². The third-order valence-electron chi connectivity index (χ3n) is 3.37. The minimum atomic E-state index is 0.238. The number of benzene rings is 2. The second-order valence-electron chi connectivity index (χ2n) is 5.11. The number of hydrogen-bond donors (Lipinski definition) is 2. The van der Waals surface area contributed by atoms with Crippen molar-refractivity contribution in [3.05, 3.63) is 59.2 Å². The van der Waals surface area contributed by atoms with E-state index in [4.69, 9.17) is 4.74 Å². The van der Waals surface area contributed by atoms with Crippen LogP contribution in [0.15, 0.2) is 42.5 Å². The van der Waals surface area contributed by atoms with E-state index >= 15 is 0 Å². The Bertz CT molecular complexity index is 581. The van der Waals surface area contributed by atoms with Gasteiger partial charge in [-0.15, -0.1) is 0 Å². The summed E-state index contributed by atoms with van der Waals surface area (Å²) in [4.78, 5) is 0. The number of aromatic hydroxyl groups is 1. The van der Waals surface area contributed by atoms with Crippen molar-refractivity contribution in [3.8, 4) is 11.5 Å². The van der Waals surface area contributed by atoms with Crippen molar-refractivity contribution in [1.82, 2.24) is 5.32 Å². The highest BCUT2D eigenvalue weighted by Gasteiger charge is 2.07. The number of hydrogen-bond acceptors (Lipinski definition) is 3. The van der Waals surface area contributed by atoms with Gasteiger partial charge in [0.25, 0.3) is 0 Å². The fourth-order valence-electron chi connectivity index (χ4n) is 2.31. The van der Waals surface area contributed by atoms with E-state index in [1.165, 1.54) is 11.1 Å². The van der Waals surface area contributed by atoms with Gasteiger partial charge in [-0.2, -0.15) is 0 Å². The summed E-state index contributed by atoms with van der Waals surface area (Å²) in [5, 5.41) is 13.5.